The van der Waals surface area contributed by atoms with Crippen molar-refractivity contribution in [1.29, 1.82) is 0 Å². The molecule has 9 heteroatoms. The number of anilines is 1. The van der Waals surface area contributed by atoms with Crippen LogP contribution in [-0.4, -0.2) is 35.9 Å². The summed E-state index contributed by atoms with van der Waals surface area (Å²) in [5.41, 5.74) is 2.75. The molecular weight excluding hydrogens is 338 g/mol. The minimum absolute atomic E-state index is 0.294. The van der Waals surface area contributed by atoms with E-state index in [1.165, 1.54) is 11.3 Å². The van der Waals surface area contributed by atoms with Crippen molar-refractivity contribution in [3.63, 3.8) is 0 Å². The third-order valence-electron chi connectivity index (χ3n) is 3.66. The second kappa shape index (κ2) is 6.02. The molecule has 8 nitrogen and oxygen atoms in total. The van der Waals surface area contributed by atoms with Crippen LogP contribution in [0.25, 0.3) is 22.2 Å². The number of nitrogens with zero attached hydrogens (tertiary/aromatic N) is 6. The quantitative estimate of drug-likeness (QED) is 0.609. The molecule has 124 valence electrons. The number of fused-ring (bicyclic) bond motifs is 1. The van der Waals surface area contributed by atoms with Gasteiger partial charge in [0.25, 0.3) is 5.91 Å². The number of benzene rings is 1. The van der Waals surface area contributed by atoms with Crippen LogP contribution in [0.2, 0.25) is 0 Å². The Hall–Kier alpha value is -3.20. The van der Waals surface area contributed by atoms with E-state index in [4.69, 9.17) is 0 Å². The van der Waals surface area contributed by atoms with E-state index in [1.54, 1.807) is 25.5 Å². The number of nitrogens with one attached hydrogen (secondary N) is 1. The number of rotatable bonds is 3. The second-order valence-corrected chi connectivity index (χ2v) is 6.65. The maximum absolute atomic E-state index is 12.2. The molecule has 0 fully saturated rings. The van der Waals surface area contributed by atoms with Crippen LogP contribution in [0, 0.1) is 6.92 Å². The number of aromatic nitrogens is 6. The van der Waals surface area contributed by atoms with Crippen molar-refractivity contribution in [2.24, 2.45) is 7.05 Å². The Labute approximate surface area is 146 Å². The van der Waals surface area contributed by atoms with E-state index in [9.17, 15) is 4.79 Å². The molecule has 4 rings (SSSR count). The largest absolute Gasteiger partial charge is 0.334 e. The SMILES string of the molecule is Cc1nnc(C(=O)Nc2cc3cc(-c4cncn4C)ccc3nn2)s1. The van der Waals surface area contributed by atoms with Crippen molar-refractivity contribution in [1.82, 2.24) is 29.9 Å². The molecule has 4 aromatic rings. The predicted octanol–water partition coefficient (Wildman–Crippen LogP) is 2.44. The number of carbonyl (C=O) groups excluding carboxylic acids is 1. The molecule has 0 aliphatic heterocycles. The number of carbonyl (C=O) groups is 1. The van der Waals surface area contributed by atoms with Gasteiger partial charge in [0.15, 0.2) is 5.82 Å². The van der Waals surface area contributed by atoms with Crippen LogP contribution in [0.5, 0.6) is 0 Å². The highest BCUT2D eigenvalue weighted by Gasteiger charge is 2.13. The standard InChI is InChI=1S/C16H13N7OS/c1-9-19-22-16(25-9)15(24)18-14-6-11-5-10(3-4-12(11)20-21-14)13-7-17-8-23(13)2/h3-8H,1-2H3,(H,18,21,24). The first kappa shape index (κ1) is 15.3. The molecule has 1 N–H and O–H groups in total. The van der Waals surface area contributed by atoms with Crippen LogP contribution in [0.15, 0.2) is 36.8 Å². The van der Waals surface area contributed by atoms with Gasteiger partial charge in [-0.2, -0.15) is 0 Å². The Morgan fingerprint density at radius 1 is 1.16 bits per heavy atom. The first-order chi connectivity index (χ1) is 12.1. The molecule has 25 heavy (non-hydrogen) atoms. The molecule has 0 saturated carbocycles. The van der Waals surface area contributed by atoms with Crippen LogP contribution in [0.4, 0.5) is 5.82 Å². The fraction of sp³-hybridized carbons (Fsp3) is 0.125. The lowest BCUT2D eigenvalue weighted by molar-refractivity contribution is 0.102. The van der Waals surface area contributed by atoms with Crippen molar-refractivity contribution >= 4 is 34.0 Å². The summed E-state index contributed by atoms with van der Waals surface area (Å²) in [5, 5.41) is 20.5. The monoisotopic (exact) mass is 351 g/mol. The van der Waals surface area contributed by atoms with E-state index in [0.717, 1.165) is 27.2 Å². The zero-order valence-electron chi connectivity index (χ0n) is 13.5. The van der Waals surface area contributed by atoms with E-state index in [1.807, 2.05) is 29.8 Å². The van der Waals surface area contributed by atoms with Gasteiger partial charge >= 0.3 is 0 Å². The zero-order chi connectivity index (χ0) is 17.4. The van der Waals surface area contributed by atoms with Gasteiger partial charge < -0.3 is 9.88 Å². The lowest BCUT2D eigenvalue weighted by atomic mass is 10.1. The third kappa shape index (κ3) is 2.96. The number of aryl methyl sites for hydroxylation is 2. The highest BCUT2D eigenvalue weighted by Crippen LogP contribution is 2.24. The topological polar surface area (TPSA) is 98.5 Å². The maximum Gasteiger partial charge on any atom is 0.287 e. The van der Waals surface area contributed by atoms with Gasteiger partial charge in [0.2, 0.25) is 5.01 Å². The number of amides is 1. The Kier molecular flexibility index (Phi) is 3.69. The van der Waals surface area contributed by atoms with Gasteiger partial charge in [0.05, 0.1) is 23.7 Å². The van der Waals surface area contributed by atoms with Gasteiger partial charge in [-0.15, -0.1) is 20.4 Å². The third-order valence-corrected chi connectivity index (χ3v) is 4.50. The van der Waals surface area contributed by atoms with E-state index in [2.05, 4.69) is 30.7 Å². The average molecular weight is 351 g/mol. The van der Waals surface area contributed by atoms with Crippen LogP contribution in [-0.2, 0) is 7.05 Å². The summed E-state index contributed by atoms with van der Waals surface area (Å²) >= 11 is 1.23. The highest BCUT2D eigenvalue weighted by atomic mass is 32.1. The molecule has 0 radical (unpaired) electrons. The van der Waals surface area contributed by atoms with Crippen molar-refractivity contribution < 1.29 is 4.79 Å². The van der Waals surface area contributed by atoms with Crippen LogP contribution < -0.4 is 5.32 Å². The summed E-state index contributed by atoms with van der Waals surface area (Å²) in [6.45, 7) is 1.80. The molecule has 0 bridgehead atoms. The highest BCUT2D eigenvalue weighted by molar-refractivity contribution is 7.13. The van der Waals surface area contributed by atoms with Crippen LogP contribution in [0.1, 0.15) is 14.8 Å². The summed E-state index contributed by atoms with van der Waals surface area (Å²) in [5.74, 6) is 0.0227. The minimum Gasteiger partial charge on any atom is -0.334 e. The van der Waals surface area contributed by atoms with Crippen molar-refractivity contribution in [2.75, 3.05) is 5.32 Å². The van der Waals surface area contributed by atoms with Crippen LogP contribution >= 0.6 is 11.3 Å². The molecule has 1 amide bonds. The second-order valence-electron chi connectivity index (χ2n) is 5.47. The Bertz CT molecular complexity index is 1080. The molecule has 1 aromatic carbocycles. The Morgan fingerprint density at radius 2 is 2.04 bits per heavy atom. The number of imidazole rings is 1. The summed E-state index contributed by atoms with van der Waals surface area (Å²) < 4.78 is 1.94. The van der Waals surface area contributed by atoms with Crippen molar-refractivity contribution in [3.8, 4) is 11.3 Å². The van der Waals surface area contributed by atoms with Gasteiger partial charge in [0.1, 0.15) is 5.01 Å². The minimum atomic E-state index is -0.345. The fourth-order valence-corrected chi connectivity index (χ4v) is 3.05. The van der Waals surface area contributed by atoms with E-state index < -0.39 is 0 Å². The summed E-state index contributed by atoms with van der Waals surface area (Å²) in [6, 6.07) is 7.64. The average Bonchev–Trinajstić information content (AvgIpc) is 3.22. The van der Waals surface area contributed by atoms with Gasteiger partial charge in [-0.1, -0.05) is 17.4 Å². The van der Waals surface area contributed by atoms with Gasteiger partial charge in [0, 0.05) is 18.0 Å². The molecule has 3 heterocycles. The molecule has 0 unspecified atom stereocenters. The summed E-state index contributed by atoms with van der Waals surface area (Å²) in [4.78, 5) is 16.3. The Balaban J connectivity index is 1.67. The van der Waals surface area contributed by atoms with E-state index in [0.29, 0.717) is 10.8 Å². The molecule has 0 spiro atoms. The lowest BCUT2D eigenvalue weighted by Gasteiger charge is -2.06. The first-order valence-electron chi connectivity index (χ1n) is 7.46. The Morgan fingerprint density at radius 3 is 2.76 bits per heavy atom. The van der Waals surface area contributed by atoms with Gasteiger partial charge in [-0.25, -0.2) is 4.98 Å². The maximum atomic E-state index is 12.2. The van der Waals surface area contributed by atoms with Crippen molar-refractivity contribution in [3.05, 3.63) is 46.8 Å². The summed E-state index contributed by atoms with van der Waals surface area (Å²) in [6.07, 6.45) is 3.55. The molecule has 3 aromatic heterocycles. The van der Waals surface area contributed by atoms with Gasteiger partial charge in [-0.05, 0) is 25.1 Å². The zero-order valence-corrected chi connectivity index (χ0v) is 14.3. The van der Waals surface area contributed by atoms with Crippen molar-refractivity contribution in [2.45, 2.75) is 6.92 Å². The number of hydrogen-bond donors (Lipinski definition) is 1. The molecule has 0 aliphatic rings. The normalized spacial score (nSPS) is 11.0. The van der Waals surface area contributed by atoms with Crippen LogP contribution in [0.3, 0.4) is 0 Å². The molecule has 0 saturated heterocycles. The smallest absolute Gasteiger partial charge is 0.287 e. The summed E-state index contributed by atoms with van der Waals surface area (Å²) in [7, 11) is 1.94. The predicted molar refractivity (Wildman–Crippen MR) is 94.3 cm³/mol. The molecule has 0 atom stereocenters. The lowest BCUT2D eigenvalue weighted by Crippen LogP contribution is -2.13. The first-order valence-corrected chi connectivity index (χ1v) is 8.27. The molecule has 0 aliphatic carbocycles. The van der Waals surface area contributed by atoms with E-state index in [-0.39, 0.29) is 5.91 Å². The fourth-order valence-electron chi connectivity index (χ4n) is 2.46. The van der Waals surface area contributed by atoms with E-state index >= 15 is 0 Å². The number of hydrogen-bond acceptors (Lipinski definition) is 7. The van der Waals surface area contributed by atoms with Gasteiger partial charge in [-0.3, -0.25) is 4.79 Å². The molecular formula is C16H13N7OS.